The number of aromatic hydroxyl groups is 1. The van der Waals surface area contributed by atoms with E-state index < -0.39 is 0 Å². The highest BCUT2D eigenvalue weighted by Crippen LogP contribution is 2.31. The molecule has 0 saturated carbocycles. The average Bonchev–Trinajstić information content (AvgIpc) is 2.31. The molecule has 0 amide bonds. The quantitative estimate of drug-likeness (QED) is 0.821. The van der Waals surface area contributed by atoms with Gasteiger partial charge in [0.15, 0.2) is 5.16 Å². The third-order valence-electron chi connectivity index (χ3n) is 2.01. The van der Waals surface area contributed by atoms with Gasteiger partial charge in [0.05, 0.1) is 4.90 Å². The van der Waals surface area contributed by atoms with Crippen molar-refractivity contribution in [3.05, 3.63) is 41.7 Å². The highest BCUT2D eigenvalue weighted by molar-refractivity contribution is 7.99. The molecule has 0 fully saturated rings. The molecule has 0 aliphatic rings. The summed E-state index contributed by atoms with van der Waals surface area (Å²) in [6, 6.07) is 10.5. The van der Waals surface area contributed by atoms with Gasteiger partial charge in [0.1, 0.15) is 17.5 Å². The van der Waals surface area contributed by atoms with E-state index in [2.05, 4.69) is 9.97 Å². The first-order chi connectivity index (χ1) is 8.19. The number of benzene rings is 1. The molecule has 0 unspecified atom stereocenters. The summed E-state index contributed by atoms with van der Waals surface area (Å²) < 4.78 is 0. The van der Waals surface area contributed by atoms with E-state index in [9.17, 15) is 5.11 Å². The highest BCUT2D eigenvalue weighted by Gasteiger charge is 2.07. The van der Waals surface area contributed by atoms with Crippen LogP contribution >= 0.6 is 11.8 Å². The van der Waals surface area contributed by atoms with E-state index in [-0.39, 0.29) is 5.75 Å². The minimum absolute atomic E-state index is 0.182. The third-order valence-corrected chi connectivity index (χ3v) is 2.95. The number of para-hydroxylation sites is 1. The summed E-state index contributed by atoms with van der Waals surface area (Å²) in [4.78, 5) is 8.94. The molecule has 2 rings (SSSR count). The van der Waals surface area contributed by atoms with Gasteiger partial charge in [-0.15, -0.1) is 0 Å². The van der Waals surface area contributed by atoms with E-state index in [0.29, 0.717) is 15.7 Å². The smallest absolute Gasteiger partial charge is 0.194 e. The van der Waals surface area contributed by atoms with E-state index in [1.807, 2.05) is 12.1 Å². The van der Waals surface area contributed by atoms with Gasteiger partial charge in [-0.25, -0.2) is 9.97 Å². The lowest BCUT2D eigenvalue weighted by atomic mass is 10.3. The molecule has 0 aliphatic carbocycles. The molecule has 5 heteroatoms. The lowest BCUT2D eigenvalue weighted by molar-refractivity contribution is 0.462. The molecular formula is C12H9N3OS. The van der Waals surface area contributed by atoms with Crippen LogP contribution in [0.4, 0.5) is 0 Å². The van der Waals surface area contributed by atoms with Crippen molar-refractivity contribution >= 4 is 11.8 Å². The number of aromatic nitrogens is 2. The van der Waals surface area contributed by atoms with Crippen LogP contribution < -0.4 is 0 Å². The first kappa shape index (κ1) is 11.4. The number of nitrogens with zero attached hydrogens (tertiary/aromatic N) is 3. The molecule has 1 N–H and O–H groups in total. The van der Waals surface area contributed by atoms with Crippen molar-refractivity contribution in [3.63, 3.8) is 0 Å². The standard InChI is InChI=1S/C12H9N3OS/c1-8-6-9(7-13)15-12(14-8)17-11-5-3-2-4-10(11)16/h2-6,16H,1H3. The predicted octanol–water partition coefficient (Wildman–Crippen LogP) is 2.51. The third kappa shape index (κ3) is 2.74. The normalized spacial score (nSPS) is 9.88. The maximum atomic E-state index is 9.63. The monoisotopic (exact) mass is 243 g/mol. The number of nitriles is 1. The SMILES string of the molecule is Cc1cc(C#N)nc(Sc2ccccc2O)n1. The zero-order valence-electron chi connectivity index (χ0n) is 9.08. The van der Waals surface area contributed by atoms with Crippen molar-refractivity contribution in [2.75, 3.05) is 0 Å². The number of aryl methyl sites for hydroxylation is 1. The summed E-state index contributed by atoms with van der Waals surface area (Å²) >= 11 is 1.23. The van der Waals surface area contributed by atoms with Crippen LogP contribution in [0.2, 0.25) is 0 Å². The van der Waals surface area contributed by atoms with E-state index in [4.69, 9.17) is 5.26 Å². The Bertz CT molecular complexity index is 593. The second-order valence-electron chi connectivity index (χ2n) is 3.36. The molecule has 17 heavy (non-hydrogen) atoms. The Morgan fingerprint density at radius 2 is 2.06 bits per heavy atom. The van der Waals surface area contributed by atoms with Crippen LogP contribution in [-0.2, 0) is 0 Å². The minimum Gasteiger partial charge on any atom is -0.507 e. The Kier molecular flexibility index (Phi) is 3.26. The van der Waals surface area contributed by atoms with Crippen LogP contribution in [0.1, 0.15) is 11.4 Å². The molecule has 1 aromatic heterocycles. The number of phenols is 1. The van der Waals surface area contributed by atoms with Crippen molar-refractivity contribution in [1.29, 1.82) is 5.26 Å². The fourth-order valence-electron chi connectivity index (χ4n) is 1.29. The number of phenolic OH excluding ortho intramolecular Hbond substituents is 1. The summed E-state index contributed by atoms with van der Waals surface area (Å²) in [6.07, 6.45) is 0. The fraction of sp³-hybridized carbons (Fsp3) is 0.0833. The molecule has 0 saturated heterocycles. The molecule has 1 heterocycles. The second-order valence-corrected chi connectivity index (χ2v) is 4.37. The van der Waals surface area contributed by atoms with Crippen LogP contribution in [0.5, 0.6) is 5.75 Å². The molecule has 0 spiro atoms. The van der Waals surface area contributed by atoms with Gasteiger partial charge in [0.25, 0.3) is 0 Å². The molecular weight excluding hydrogens is 234 g/mol. The zero-order valence-corrected chi connectivity index (χ0v) is 9.90. The van der Waals surface area contributed by atoms with Crippen LogP contribution in [0.25, 0.3) is 0 Å². The van der Waals surface area contributed by atoms with Crippen LogP contribution in [-0.4, -0.2) is 15.1 Å². The highest BCUT2D eigenvalue weighted by atomic mass is 32.2. The van der Waals surface area contributed by atoms with Crippen LogP contribution in [0.3, 0.4) is 0 Å². The molecule has 0 radical (unpaired) electrons. The largest absolute Gasteiger partial charge is 0.507 e. The first-order valence-corrected chi connectivity index (χ1v) is 5.72. The van der Waals surface area contributed by atoms with Gasteiger partial charge in [0, 0.05) is 5.69 Å². The Morgan fingerprint density at radius 3 is 2.76 bits per heavy atom. The first-order valence-electron chi connectivity index (χ1n) is 4.90. The summed E-state index contributed by atoms with van der Waals surface area (Å²) in [5.41, 5.74) is 1.06. The molecule has 1 aromatic carbocycles. The van der Waals surface area contributed by atoms with Gasteiger partial charge in [-0.2, -0.15) is 5.26 Å². The number of rotatable bonds is 2. The summed E-state index contributed by atoms with van der Waals surface area (Å²) in [6.45, 7) is 1.80. The molecule has 2 aromatic rings. The average molecular weight is 243 g/mol. The molecule has 4 nitrogen and oxygen atoms in total. The van der Waals surface area contributed by atoms with E-state index in [0.717, 1.165) is 5.69 Å². The topological polar surface area (TPSA) is 69.8 Å². The molecule has 0 aliphatic heterocycles. The van der Waals surface area contributed by atoms with Crippen molar-refractivity contribution < 1.29 is 5.11 Å². The zero-order chi connectivity index (χ0) is 12.3. The summed E-state index contributed by atoms with van der Waals surface area (Å²) in [5, 5.41) is 18.9. The van der Waals surface area contributed by atoms with E-state index >= 15 is 0 Å². The minimum atomic E-state index is 0.182. The molecule has 0 bridgehead atoms. The second kappa shape index (κ2) is 4.85. The Hall–Kier alpha value is -2.06. The summed E-state index contributed by atoms with van der Waals surface area (Å²) in [7, 11) is 0. The van der Waals surface area contributed by atoms with Crippen molar-refractivity contribution in [1.82, 2.24) is 9.97 Å². The lowest BCUT2D eigenvalue weighted by Crippen LogP contribution is -1.93. The lowest BCUT2D eigenvalue weighted by Gasteiger charge is -2.03. The van der Waals surface area contributed by atoms with Gasteiger partial charge in [-0.1, -0.05) is 12.1 Å². The Balaban J connectivity index is 2.34. The molecule has 84 valence electrons. The Labute approximate surface area is 103 Å². The van der Waals surface area contributed by atoms with Crippen molar-refractivity contribution in [2.45, 2.75) is 17.0 Å². The van der Waals surface area contributed by atoms with Crippen molar-refractivity contribution in [2.24, 2.45) is 0 Å². The maximum absolute atomic E-state index is 9.63. The number of hydrogen-bond donors (Lipinski definition) is 1. The van der Waals surface area contributed by atoms with E-state index in [1.54, 1.807) is 31.2 Å². The molecule has 0 atom stereocenters. The van der Waals surface area contributed by atoms with Gasteiger partial charge < -0.3 is 5.11 Å². The van der Waals surface area contributed by atoms with Crippen LogP contribution in [0.15, 0.2) is 40.4 Å². The summed E-state index contributed by atoms with van der Waals surface area (Å²) in [5.74, 6) is 0.182. The van der Waals surface area contributed by atoms with Gasteiger partial charge in [-0.05, 0) is 36.9 Å². The van der Waals surface area contributed by atoms with Crippen molar-refractivity contribution in [3.8, 4) is 11.8 Å². The van der Waals surface area contributed by atoms with Gasteiger partial charge in [0.2, 0.25) is 0 Å². The van der Waals surface area contributed by atoms with Crippen LogP contribution in [0, 0.1) is 18.3 Å². The maximum Gasteiger partial charge on any atom is 0.194 e. The predicted molar refractivity (Wildman–Crippen MR) is 63.7 cm³/mol. The van der Waals surface area contributed by atoms with Gasteiger partial charge in [-0.3, -0.25) is 0 Å². The van der Waals surface area contributed by atoms with E-state index in [1.165, 1.54) is 11.8 Å². The Morgan fingerprint density at radius 1 is 1.29 bits per heavy atom. The fourth-order valence-corrected chi connectivity index (χ4v) is 2.14. The van der Waals surface area contributed by atoms with Gasteiger partial charge >= 0.3 is 0 Å². The number of hydrogen-bond acceptors (Lipinski definition) is 5.